The number of halogens is 1. The summed E-state index contributed by atoms with van der Waals surface area (Å²) in [6, 6.07) is 4.31. The predicted molar refractivity (Wildman–Crippen MR) is 80.8 cm³/mol. The number of hydrogen-bond acceptors (Lipinski definition) is 5. The number of nitrogens with one attached hydrogen (secondary N) is 1. The van der Waals surface area contributed by atoms with Crippen molar-refractivity contribution >= 4 is 43.8 Å². The van der Waals surface area contributed by atoms with E-state index >= 15 is 0 Å². The van der Waals surface area contributed by atoms with Gasteiger partial charge in [0.2, 0.25) is 0 Å². The number of fused-ring (bicyclic) bond motifs is 1. The number of rotatable bonds is 3. The first-order chi connectivity index (χ1) is 9.45. The van der Waals surface area contributed by atoms with Crippen molar-refractivity contribution in [2.45, 2.75) is 24.2 Å². The highest BCUT2D eigenvalue weighted by molar-refractivity contribution is 7.93. The Bertz CT molecular complexity index is 750. The molecule has 0 amide bonds. The van der Waals surface area contributed by atoms with Gasteiger partial charge in [-0.2, -0.15) is 0 Å². The topological polar surface area (TPSA) is 85.1 Å². The molecule has 1 heterocycles. The van der Waals surface area contributed by atoms with Gasteiger partial charge in [0, 0.05) is 10.6 Å². The predicted octanol–water partition coefficient (Wildman–Crippen LogP) is 2.67. The summed E-state index contributed by atoms with van der Waals surface area (Å²) in [5.41, 5.74) is 6.98. The van der Waals surface area contributed by atoms with E-state index in [0.717, 1.165) is 29.8 Å². The Hall–Kier alpha value is -1.31. The molecule has 20 heavy (non-hydrogen) atoms. The van der Waals surface area contributed by atoms with Gasteiger partial charge in [-0.1, -0.05) is 11.6 Å². The minimum Gasteiger partial charge on any atom is -0.399 e. The largest absolute Gasteiger partial charge is 0.399 e. The Balaban J connectivity index is 1.91. The monoisotopic (exact) mass is 329 g/mol. The number of aryl methyl sites for hydroxylation is 2. The third kappa shape index (κ3) is 2.48. The molecule has 3 rings (SSSR count). The van der Waals surface area contributed by atoms with E-state index in [4.69, 9.17) is 17.3 Å². The average molecular weight is 330 g/mol. The normalized spacial score (nSPS) is 14.2. The van der Waals surface area contributed by atoms with Crippen LogP contribution in [0.15, 0.2) is 23.1 Å². The number of nitrogens with two attached hydrogens (primary N) is 1. The molecule has 0 bridgehead atoms. The van der Waals surface area contributed by atoms with Gasteiger partial charge in [0.15, 0.2) is 5.13 Å². The van der Waals surface area contributed by atoms with Gasteiger partial charge >= 0.3 is 0 Å². The van der Waals surface area contributed by atoms with Gasteiger partial charge in [-0.05, 0) is 37.5 Å². The zero-order valence-electron chi connectivity index (χ0n) is 10.4. The zero-order valence-corrected chi connectivity index (χ0v) is 12.8. The van der Waals surface area contributed by atoms with E-state index in [1.54, 1.807) is 0 Å². The van der Waals surface area contributed by atoms with Gasteiger partial charge in [-0.3, -0.25) is 4.72 Å². The molecule has 0 saturated heterocycles. The SMILES string of the molecule is Nc1ccc(S(=O)(=O)Nc2nc3c(s2)CCC3)c(Cl)c1. The number of nitrogen functional groups attached to an aromatic ring is 1. The summed E-state index contributed by atoms with van der Waals surface area (Å²) in [5.74, 6) is 0. The lowest BCUT2D eigenvalue weighted by Gasteiger charge is -2.07. The van der Waals surface area contributed by atoms with E-state index in [1.807, 2.05) is 0 Å². The van der Waals surface area contributed by atoms with Crippen LogP contribution in [0.1, 0.15) is 17.0 Å². The fraction of sp³-hybridized carbons (Fsp3) is 0.250. The number of hydrogen-bond donors (Lipinski definition) is 2. The number of benzene rings is 1. The molecule has 1 aliphatic rings. The molecule has 0 atom stereocenters. The van der Waals surface area contributed by atoms with Crippen molar-refractivity contribution < 1.29 is 8.42 Å². The average Bonchev–Trinajstić information content (AvgIpc) is 2.87. The zero-order chi connectivity index (χ0) is 14.3. The molecular weight excluding hydrogens is 318 g/mol. The standard InChI is InChI=1S/C12H12ClN3O2S2/c13-8-6-7(14)4-5-11(8)20(17,18)16-12-15-9-2-1-3-10(9)19-12/h4-6H,1-3,14H2,(H,15,16). The fourth-order valence-corrected chi connectivity index (χ4v) is 4.98. The second-order valence-corrected chi connectivity index (χ2v) is 7.68. The highest BCUT2D eigenvalue weighted by Crippen LogP contribution is 2.32. The van der Waals surface area contributed by atoms with Crippen LogP contribution in [0.2, 0.25) is 5.02 Å². The van der Waals surface area contributed by atoms with Crippen molar-refractivity contribution in [3.8, 4) is 0 Å². The molecule has 1 aromatic heterocycles. The first-order valence-corrected chi connectivity index (χ1v) is 8.70. The molecule has 5 nitrogen and oxygen atoms in total. The molecule has 0 spiro atoms. The number of sulfonamides is 1. The summed E-state index contributed by atoms with van der Waals surface area (Å²) in [7, 11) is -3.74. The maximum atomic E-state index is 12.3. The summed E-state index contributed by atoms with van der Waals surface area (Å²) in [6.07, 6.45) is 2.97. The fourth-order valence-electron chi connectivity index (χ4n) is 2.14. The second kappa shape index (κ2) is 4.91. The van der Waals surface area contributed by atoms with Gasteiger partial charge in [-0.15, -0.1) is 11.3 Å². The molecule has 1 aromatic carbocycles. The van der Waals surface area contributed by atoms with Crippen molar-refractivity contribution in [3.05, 3.63) is 33.8 Å². The van der Waals surface area contributed by atoms with Crippen molar-refractivity contribution in [2.75, 3.05) is 10.5 Å². The number of thiazole rings is 1. The number of nitrogens with zero attached hydrogens (tertiary/aromatic N) is 1. The molecule has 0 fully saturated rings. The van der Waals surface area contributed by atoms with Gasteiger partial charge in [-0.25, -0.2) is 13.4 Å². The van der Waals surface area contributed by atoms with Gasteiger partial charge in [0.1, 0.15) is 4.90 Å². The molecule has 0 unspecified atom stereocenters. The Kier molecular flexibility index (Phi) is 3.35. The third-order valence-electron chi connectivity index (χ3n) is 3.06. The second-order valence-electron chi connectivity index (χ2n) is 4.54. The molecule has 0 aliphatic heterocycles. The Morgan fingerprint density at radius 2 is 2.15 bits per heavy atom. The van der Waals surface area contributed by atoms with Crippen LogP contribution >= 0.6 is 22.9 Å². The highest BCUT2D eigenvalue weighted by atomic mass is 35.5. The lowest BCUT2D eigenvalue weighted by molar-refractivity contribution is 0.601. The number of anilines is 2. The quantitative estimate of drug-likeness (QED) is 0.848. The van der Waals surface area contributed by atoms with Crippen LogP contribution in [0.25, 0.3) is 0 Å². The summed E-state index contributed by atoms with van der Waals surface area (Å²) in [6.45, 7) is 0. The maximum Gasteiger partial charge on any atom is 0.265 e. The van der Waals surface area contributed by atoms with E-state index in [9.17, 15) is 8.42 Å². The minimum atomic E-state index is -3.74. The maximum absolute atomic E-state index is 12.3. The molecule has 3 N–H and O–H groups in total. The molecule has 0 saturated carbocycles. The lowest BCUT2D eigenvalue weighted by atomic mass is 10.3. The summed E-state index contributed by atoms with van der Waals surface area (Å²) < 4.78 is 27.1. The Morgan fingerprint density at radius 1 is 1.35 bits per heavy atom. The van der Waals surface area contributed by atoms with E-state index < -0.39 is 10.0 Å². The van der Waals surface area contributed by atoms with Crippen molar-refractivity contribution in [1.29, 1.82) is 0 Å². The van der Waals surface area contributed by atoms with E-state index in [-0.39, 0.29) is 9.92 Å². The van der Waals surface area contributed by atoms with E-state index in [2.05, 4.69) is 9.71 Å². The van der Waals surface area contributed by atoms with Gasteiger partial charge in [0.05, 0.1) is 10.7 Å². The minimum absolute atomic E-state index is 0.00345. The van der Waals surface area contributed by atoms with Crippen LogP contribution < -0.4 is 10.5 Å². The molecule has 0 radical (unpaired) electrons. The summed E-state index contributed by atoms with van der Waals surface area (Å²) in [4.78, 5) is 5.47. The molecule has 2 aromatic rings. The highest BCUT2D eigenvalue weighted by Gasteiger charge is 2.22. The van der Waals surface area contributed by atoms with Gasteiger partial charge < -0.3 is 5.73 Å². The first-order valence-electron chi connectivity index (χ1n) is 6.02. The van der Waals surface area contributed by atoms with Crippen LogP contribution in [-0.2, 0) is 22.9 Å². The van der Waals surface area contributed by atoms with Crippen molar-refractivity contribution in [1.82, 2.24) is 4.98 Å². The first kappa shape index (κ1) is 13.7. The molecule has 106 valence electrons. The lowest BCUT2D eigenvalue weighted by Crippen LogP contribution is -2.13. The molecule has 8 heteroatoms. The van der Waals surface area contributed by atoms with Crippen LogP contribution in [0.3, 0.4) is 0 Å². The van der Waals surface area contributed by atoms with E-state index in [0.29, 0.717) is 10.8 Å². The molecular formula is C12H12ClN3O2S2. The Morgan fingerprint density at radius 3 is 2.85 bits per heavy atom. The van der Waals surface area contributed by atoms with Crippen LogP contribution in [0.4, 0.5) is 10.8 Å². The smallest absolute Gasteiger partial charge is 0.265 e. The number of aromatic nitrogens is 1. The van der Waals surface area contributed by atoms with E-state index in [1.165, 1.54) is 29.5 Å². The van der Waals surface area contributed by atoms with Crippen LogP contribution in [0.5, 0.6) is 0 Å². The van der Waals surface area contributed by atoms with Crippen LogP contribution in [0, 0.1) is 0 Å². The Labute approximate surface area is 125 Å². The van der Waals surface area contributed by atoms with Crippen molar-refractivity contribution in [3.63, 3.8) is 0 Å². The molecule has 1 aliphatic carbocycles. The summed E-state index contributed by atoms with van der Waals surface area (Å²) in [5, 5.41) is 0.490. The van der Waals surface area contributed by atoms with Gasteiger partial charge in [0.25, 0.3) is 10.0 Å². The van der Waals surface area contributed by atoms with Crippen molar-refractivity contribution in [2.24, 2.45) is 0 Å². The third-order valence-corrected chi connectivity index (χ3v) is 6.09. The summed E-state index contributed by atoms with van der Waals surface area (Å²) >= 11 is 7.32. The van der Waals surface area contributed by atoms with Crippen LogP contribution in [-0.4, -0.2) is 13.4 Å².